The van der Waals surface area contributed by atoms with Gasteiger partial charge >= 0.3 is 0 Å². The molecule has 1 aliphatic carbocycles. The van der Waals surface area contributed by atoms with Crippen LogP contribution in [-0.2, 0) is 11.3 Å². The average molecular weight is 338 g/mol. The molecule has 1 fully saturated rings. The monoisotopic (exact) mass is 338 g/mol. The van der Waals surface area contributed by atoms with Gasteiger partial charge in [0.15, 0.2) is 6.61 Å². The van der Waals surface area contributed by atoms with Gasteiger partial charge in [0.05, 0.1) is 0 Å². The van der Waals surface area contributed by atoms with Crippen LogP contribution < -0.4 is 15.4 Å². The van der Waals surface area contributed by atoms with Gasteiger partial charge in [0, 0.05) is 18.6 Å². The van der Waals surface area contributed by atoms with E-state index in [2.05, 4.69) is 48.7 Å². The third kappa shape index (κ3) is 5.33. The minimum atomic E-state index is -0.0418. The maximum Gasteiger partial charge on any atom is 0.258 e. The number of hydrogen-bond donors (Lipinski definition) is 2. The third-order valence-corrected chi connectivity index (χ3v) is 4.55. The predicted molar refractivity (Wildman–Crippen MR) is 99.5 cm³/mol. The summed E-state index contributed by atoms with van der Waals surface area (Å²) in [7, 11) is 0. The highest BCUT2D eigenvalue weighted by Crippen LogP contribution is 2.20. The number of carbonyl (C=O) groups is 1. The molecule has 0 bridgehead atoms. The van der Waals surface area contributed by atoms with E-state index in [1.165, 1.54) is 16.7 Å². The van der Waals surface area contributed by atoms with Gasteiger partial charge < -0.3 is 15.4 Å². The molecule has 0 unspecified atom stereocenters. The van der Waals surface area contributed by atoms with Gasteiger partial charge in [-0.05, 0) is 55.5 Å². The lowest BCUT2D eigenvalue weighted by Gasteiger charge is -2.16. The van der Waals surface area contributed by atoms with Gasteiger partial charge in [-0.3, -0.25) is 4.79 Å². The molecule has 0 spiro atoms. The molecule has 1 atom stereocenters. The van der Waals surface area contributed by atoms with Crippen molar-refractivity contribution in [2.45, 2.75) is 45.3 Å². The molecule has 0 aliphatic heterocycles. The number of carbonyl (C=O) groups excluding carboxylic acids is 1. The van der Waals surface area contributed by atoms with Crippen LogP contribution in [0.3, 0.4) is 0 Å². The molecule has 132 valence electrons. The zero-order valence-electron chi connectivity index (χ0n) is 14.9. The molecule has 4 heteroatoms. The van der Waals surface area contributed by atoms with Crippen molar-refractivity contribution in [3.05, 3.63) is 65.2 Å². The second-order valence-electron chi connectivity index (χ2n) is 6.73. The smallest absolute Gasteiger partial charge is 0.258 e. The molecular weight excluding hydrogens is 312 g/mol. The SMILES string of the molecule is Cc1ccccc1CN[C@H](C)c1ccc(OCC(=O)NC2CC2)cc1. The minimum absolute atomic E-state index is 0.0418. The number of amides is 1. The summed E-state index contributed by atoms with van der Waals surface area (Å²) in [6, 6.07) is 17.0. The lowest BCUT2D eigenvalue weighted by molar-refractivity contribution is -0.123. The Balaban J connectivity index is 1.47. The Morgan fingerprint density at radius 3 is 2.56 bits per heavy atom. The molecule has 2 N–H and O–H groups in total. The molecular formula is C21H26N2O2. The Morgan fingerprint density at radius 1 is 1.16 bits per heavy atom. The Bertz CT molecular complexity index is 708. The van der Waals surface area contributed by atoms with Crippen LogP contribution in [-0.4, -0.2) is 18.6 Å². The van der Waals surface area contributed by atoms with Crippen LogP contribution in [0.2, 0.25) is 0 Å². The first-order chi connectivity index (χ1) is 12.1. The molecule has 25 heavy (non-hydrogen) atoms. The lowest BCUT2D eigenvalue weighted by Crippen LogP contribution is -2.30. The van der Waals surface area contributed by atoms with Crippen LogP contribution in [0.4, 0.5) is 0 Å². The van der Waals surface area contributed by atoms with E-state index >= 15 is 0 Å². The van der Waals surface area contributed by atoms with E-state index in [9.17, 15) is 4.79 Å². The van der Waals surface area contributed by atoms with Crippen molar-refractivity contribution in [3.8, 4) is 5.75 Å². The molecule has 0 aromatic heterocycles. The summed E-state index contributed by atoms with van der Waals surface area (Å²) < 4.78 is 5.54. The zero-order chi connectivity index (χ0) is 17.6. The zero-order valence-corrected chi connectivity index (χ0v) is 14.9. The maximum absolute atomic E-state index is 11.6. The van der Waals surface area contributed by atoms with Crippen molar-refractivity contribution in [2.24, 2.45) is 0 Å². The summed E-state index contributed by atoms with van der Waals surface area (Å²) in [5, 5.41) is 6.47. The number of benzene rings is 2. The Kier molecular flexibility index (Phi) is 5.71. The van der Waals surface area contributed by atoms with Gasteiger partial charge in [-0.15, -0.1) is 0 Å². The highest BCUT2D eigenvalue weighted by Gasteiger charge is 2.23. The molecule has 1 aliphatic rings. The van der Waals surface area contributed by atoms with Crippen LogP contribution in [0.1, 0.15) is 42.5 Å². The summed E-state index contributed by atoms with van der Waals surface area (Å²) in [6.45, 7) is 5.20. The Labute approximate surface area is 149 Å². The number of rotatable bonds is 8. The van der Waals surface area contributed by atoms with Gasteiger partial charge in [0.2, 0.25) is 0 Å². The van der Waals surface area contributed by atoms with E-state index < -0.39 is 0 Å². The van der Waals surface area contributed by atoms with Gasteiger partial charge in [-0.1, -0.05) is 36.4 Å². The second kappa shape index (κ2) is 8.17. The standard InChI is InChI=1S/C21H26N2O2/c1-15-5-3-4-6-18(15)13-22-16(2)17-7-11-20(12-8-17)25-14-21(24)23-19-9-10-19/h3-8,11-12,16,19,22H,9-10,13-14H2,1-2H3,(H,23,24)/t16-/m1/s1. The minimum Gasteiger partial charge on any atom is -0.484 e. The number of ether oxygens (including phenoxy) is 1. The first kappa shape index (κ1) is 17.5. The molecule has 2 aromatic rings. The summed E-state index contributed by atoms with van der Waals surface area (Å²) in [6.07, 6.45) is 2.18. The van der Waals surface area contributed by atoms with E-state index in [0.717, 1.165) is 25.1 Å². The molecule has 0 radical (unpaired) electrons. The topological polar surface area (TPSA) is 50.4 Å². The second-order valence-corrected chi connectivity index (χ2v) is 6.73. The van der Waals surface area contributed by atoms with E-state index in [1.807, 2.05) is 24.3 Å². The van der Waals surface area contributed by atoms with Crippen molar-refractivity contribution in [3.63, 3.8) is 0 Å². The summed E-state index contributed by atoms with van der Waals surface area (Å²) in [4.78, 5) is 11.6. The van der Waals surface area contributed by atoms with Crippen LogP contribution >= 0.6 is 0 Å². The average Bonchev–Trinajstić information content (AvgIpc) is 3.43. The van der Waals surface area contributed by atoms with E-state index in [4.69, 9.17) is 4.74 Å². The highest BCUT2D eigenvalue weighted by molar-refractivity contribution is 5.78. The molecule has 3 rings (SSSR count). The largest absolute Gasteiger partial charge is 0.484 e. The Hall–Kier alpha value is -2.33. The van der Waals surface area contributed by atoms with Crippen LogP contribution in [0.5, 0.6) is 5.75 Å². The summed E-state index contributed by atoms with van der Waals surface area (Å²) in [5.41, 5.74) is 3.81. The normalized spacial score (nSPS) is 14.8. The van der Waals surface area contributed by atoms with E-state index in [0.29, 0.717) is 6.04 Å². The van der Waals surface area contributed by atoms with Crippen LogP contribution in [0.15, 0.2) is 48.5 Å². The van der Waals surface area contributed by atoms with Crippen molar-refractivity contribution in [1.82, 2.24) is 10.6 Å². The molecule has 0 saturated heterocycles. The lowest BCUT2D eigenvalue weighted by atomic mass is 10.1. The fourth-order valence-electron chi connectivity index (χ4n) is 2.69. The van der Waals surface area contributed by atoms with Crippen LogP contribution in [0, 0.1) is 6.92 Å². The fourth-order valence-corrected chi connectivity index (χ4v) is 2.69. The van der Waals surface area contributed by atoms with Crippen molar-refractivity contribution < 1.29 is 9.53 Å². The van der Waals surface area contributed by atoms with E-state index in [-0.39, 0.29) is 18.6 Å². The van der Waals surface area contributed by atoms with Crippen LogP contribution in [0.25, 0.3) is 0 Å². The first-order valence-electron chi connectivity index (χ1n) is 8.92. The number of nitrogens with one attached hydrogen (secondary N) is 2. The van der Waals surface area contributed by atoms with Crippen molar-refractivity contribution in [1.29, 1.82) is 0 Å². The third-order valence-electron chi connectivity index (χ3n) is 4.55. The Morgan fingerprint density at radius 2 is 1.88 bits per heavy atom. The fraction of sp³-hybridized carbons (Fsp3) is 0.381. The number of hydrogen-bond acceptors (Lipinski definition) is 3. The molecule has 0 heterocycles. The van der Waals surface area contributed by atoms with Gasteiger partial charge in [-0.2, -0.15) is 0 Å². The molecule has 1 amide bonds. The molecule has 4 nitrogen and oxygen atoms in total. The predicted octanol–water partition coefficient (Wildman–Crippen LogP) is 3.50. The highest BCUT2D eigenvalue weighted by atomic mass is 16.5. The summed E-state index contributed by atoms with van der Waals surface area (Å²) in [5.74, 6) is 0.681. The molecule has 1 saturated carbocycles. The maximum atomic E-state index is 11.6. The first-order valence-corrected chi connectivity index (χ1v) is 8.92. The van der Waals surface area contributed by atoms with Gasteiger partial charge in [0.25, 0.3) is 5.91 Å². The summed E-state index contributed by atoms with van der Waals surface area (Å²) >= 11 is 0. The quantitative estimate of drug-likeness (QED) is 0.774. The molecule has 2 aromatic carbocycles. The van der Waals surface area contributed by atoms with E-state index in [1.54, 1.807) is 0 Å². The van der Waals surface area contributed by atoms with Crippen molar-refractivity contribution in [2.75, 3.05) is 6.61 Å². The number of aryl methyl sites for hydroxylation is 1. The van der Waals surface area contributed by atoms with Crippen molar-refractivity contribution >= 4 is 5.91 Å². The van der Waals surface area contributed by atoms with Gasteiger partial charge in [-0.25, -0.2) is 0 Å². The van der Waals surface area contributed by atoms with Gasteiger partial charge in [0.1, 0.15) is 5.75 Å².